The normalized spacial score (nSPS) is 24.5. The van der Waals surface area contributed by atoms with E-state index in [9.17, 15) is 9.59 Å². The Balaban J connectivity index is 1.81. The van der Waals surface area contributed by atoms with Crippen LogP contribution in [0.2, 0.25) is 0 Å². The maximum atomic E-state index is 13.5. The number of esters is 1. The number of thiazole rings is 1. The molecule has 3 aromatic rings. The van der Waals surface area contributed by atoms with Gasteiger partial charge in [-0.3, -0.25) is 18.8 Å². The molecule has 3 unspecified atom stereocenters. The highest BCUT2D eigenvalue weighted by Gasteiger charge is 2.55. The largest absolute Gasteiger partial charge is 0.469 e. The summed E-state index contributed by atoms with van der Waals surface area (Å²) in [7, 11) is 3.18. The Morgan fingerprint density at radius 2 is 2.13 bits per heavy atom. The molecule has 8 nitrogen and oxygen atoms in total. The maximum absolute atomic E-state index is 13.5. The van der Waals surface area contributed by atoms with Crippen LogP contribution in [0, 0.1) is 12.8 Å². The van der Waals surface area contributed by atoms with Gasteiger partial charge in [0, 0.05) is 24.4 Å². The van der Waals surface area contributed by atoms with Crippen LogP contribution >= 0.6 is 11.3 Å². The third kappa shape index (κ3) is 2.58. The number of aryl methyl sites for hydroxylation is 2. The van der Waals surface area contributed by atoms with E-state index in [0.717, 1.165) is 16.8 Å². The van der Waals surface area contributed by atoms with E-state index in [-0.39, 0.29) is 5.56 Å². The highest BCUT2D eigenvalue weighted by Crippen LogP contribution is 2.47. The third-order valence-electron chi connectivity index (χ3n) is 5.67. The van der Waals surface area contributed by atoms with Crippen molar-refractivity contribution in [3.8, 4) is 5.75 Å². The van der Waals surface area contributed by atoms with Gasteiger partial charge in [0.05, 0.1) is 23.4 Å². The average Bonchev–Trinajstić information content (AvgIpc) is 3.17. The molecule has 3 atom stereocenters. The Morgan fingerprint density at radius 3 is 2.83 bits per heavy atom. The number of ether oxygens (including phenoxy) is 2. The predicted molar refractivity (Wildman–Crippen MR) is 110 cm³/mol. The van der Waals surface area contributed by atoms with E-state index in [0.29, 0.717) is 15.1 Å². The molecule has 0 spiro atoms. The minimum atomic E-state index is -1.16. The Labute approximate surface area is 175 Å². The van der Waals surface area contributed by atoms with Crippen molar-refractivity contribution in [2.75, 3.05) is 7.11 Å². The molecule has 0 amide bonds. The van der Waals surface area contributed by atoms with E-state index in [2.05, 4.69) is 5.10 Å². The summed E-state index contributed by atoms with van der Waals surface area (Å²) < 4.78 is 15.1. The first-order valence-electron chi connectivity index (χ1n) is 9.51. The van der Waals surface area contributed by atoms with Gasteiger partial charge in [0.1, 0.15) is 11.7 Å². The van der Waals surface area contributed by atoms with Crippen molar-refractivity contribution in [1.29, 1.82) is 0 Å². The molecule has 5 rings (SSSR count). The van der Waals surface area contributed by atoms with Crippen molar-refractivity contribution in [3.63, 3.8) is 0 Å². The number of methoxy groups -OCH3 is 1. The van der Waals surface area contributed by atoms with E-state index < -0.39 is 23.7 Å². The lowest BCUT2D eigenvalue weighted by atomic mass is 9.81. The summed E-state index contributed by atoms with van der Waals surface area (Å²) in [5.74, 6) is -0.616. The molecule has 30 heavy (non-hydrogen) atoms. The first kappa shape index (κ1) is 18.8. The lowest BCUT2D eigenvalue weighted by molar-refractivity contribution is -0.158. The van der Waals surface area contributed by atoms with Crippen molar-refractivity contribution >= 4 is 23.4 Å². The van der Waals surface area contributed by atoms with Gasteiger partial charge in [-0.2, -0.15) is 5.10 Å². The zero-order chi connectivity index (χ0) is 21.2. The van der Waals surface area contributed by atoms with Crippen LogP contribution in [0.25, 0.3) is 6.08 Å². The lowest BCUT2D eigenvalue weighted by Gasteiger charge is -2.44. The quantitative estimate of drug-likeness (QED) is 0.571. The van der Waals surface area contributed by atoms with Crippen molar-refractivity contribution in [1.82, 2.24) is 14.3 Å². The van der Waals surface area contributed by atoms with Gasteiger partial charge in [0.2, 0.25) is 5.72 Å². The van der Waals surface area contributed by atoms with Crippen molar-refractivity contribution in [2.24, 2.45) is 18.0 Å². The third-order valence-corrected chi connectivity index (χ3v) is 6.66. The second kappa shape index (κ2) is 6.40. The van der Waals surface area contributed by atoms with E-state index in [1.165, 1.54) is 18.4 Å². The topological polar surface area (TPSA) is 87.7 Å². The zero-order valence-electron chi connectivity index (χ0n) is 16.9. The molecule has 9 heteroatoms. The average molecular weight is 424 g/mol. The lowest BCUT2D eigenvalue weighted by Crippen LogP contribution is -2.58. The molecular formula is C21H20N4O4S. The van der Waals surface area contributed by atoms with Crippen LogP contribution in [-0.4, -0.2) is 33.2 Å². The summed E-state index contributed by atoms with van der Waals surface area (Å²) in [6.07, 6.45) is 3.69. The van der Waals surface area contributed by atoms with Crippen LogP contribution in [-0.2, 0) is 16.6 Å². The van der Waals surface area contributed by atoms with Crippen LogP contribution in [0.5, 0.6) is 5.75 Å². The van der Waals surface area contributed by atoms with Gasteiger partial charge in [-0.1, -0.05) is 29.5 Å². The van der Waals surface area contributed by atoms with Crippen LogP contribution in [0.4, 0.5) is 0 Å². The van der Waals surface area contributed by atoms with E-state index >= 15 is 0 Å². The van der Waals surface area contributed by atoms with Gasteiger partial charge in [-0.05, 0) is 26.0 Å². The summed E-state index contributed by atoms with van der Waals surface area (Å²) in [4.78, 5) is 31.5. The van der Waals surface area contributed by atoms with E-state index in [4.69, 9.17) is 14.5 Å². The SMILES string of the molecule is COC(=O)C1C2c3ccccc3OC1(C)N=c1sc(=Cc3cn(C)nc3C)c(=O)n12. The number of para-hydroxylation sites is 1. The molecule has 0 saturated heterocycles. The second-order valence-electron chi connectivity index (χ2n) is 7.66. The molecule has 2 aliphatic heterocycles. The van der Waals surface area contributed by atoms with Crippen LogP contribution < -0.4 is 19.6 Å². The van der Waals surface area contributed by atoms with Gasteiger partial charge in [-0.25, -0.2) is 4.99 Å². The molecular weight excluding hydrogens is 404 g/mol. The number of benzene rings is 1. The number of fused-ring (bicyclic) bond motifs is 6. The van der Waals surface area contributed by atoms with E-state index in [1.54, 1.807) is 16.2 Å². The fraction of sp³-hybridized carbons (Fsp3) is 0.333. The van der Waals surface area contributed by atoms with Crippen LogP contribution in [0.15, 0.2) is 40.2 Å². The van der Waals surface area contributed by atoms with Crippen LogP contribution in [0.1, 0.15) is 29.8 Å². The number of carbonyl (C=O) groups excluding carboxylic acids is 1. The summed E-state index contributed by atoms with van der Waals surface area (Å²) in [6.45, 7) is 3.66. The molecule has 0 aliphatic carbocycles. The Kier molecular flexibility index (Phi) is 4.01. The van der Waals surface area contributed by atoms with Crippen molar-refractivity contribution < 1.29 is 14.3 Å². The molecule has 4 heterocycles. The molecule has 0 fully saturated rings. The Hall–Kier alpha value is -3.20. The number of carbonyl (C=O) groups is 1. The van der Waals surface area contributed by atoms with Gasteiger partial charge in [0.25, 0.3) is 5.56 Å². The molecule has 2 bridgehead atoms. The molecule has 0 radical (unpaired) electrons. The number of hydrogen-bond acceptors (Lipinski definition) is 7. The summed E-state index contributed by atoms with van der Waals surface area (Å²) in [6, 6.07) is 6.88. The van der Waals surface area contributed by atoms with Gasteiger partial charge < -0.3 is 9.47 Å². The Morgan fingerprint density at radius 1 is 1.37 bits per heavy atom. The maximum Gasteiger partial charge on any atom is 0.317 e. The highest BCUT2D eigenvalue weighted by atomic mass is 32.1. The fourth-order valence-electron chi connectivity index (χ4n) is 4.33. The molecule has 2 aromatic heterocycles. The highest BCUT2D eigenvalue weighted by molar-refractivity contribution is 7.07. The number of hydrogen-bond donors (Lipinski definition) is 0. The Bertz CT molecular complexity index is 1370. The van der Waals surface area contributed by atoms with Crippen LogP contribution in [0.3, 0.4) is 0 Å². The first-order valence-corrected chi connectivity index (χ1v) is 10.3. The summed E-state index contributed by atoms with van der Waals surface area (Å²) in [5.41, 5.74) is 1.11. The second-order valence-corrected chi connectivity index (χ2v) is 8.67. The van der Waals surface area contributed by atoms with Gasteiger partial charge >= 0.3 is 5.97 Å². The number of rotatable bonds is 2. The van der Waals surface area contributed by atoms with Gasteiger partial charge in [0.15, 0.2) is 4.80 Å². The zero-order valence-corrected chi connectivity index (χ0v) is 17.8. The molecule has 2 aliphatic rings. The number of aromatic nitrogens is 3. The summed E-state index contributed by atoms with van der Waals surface area (Å²) >= 11 is 1.29. The molecule has 0 N–H and O–H groups in total. The minimum absolute atomic E-state index is 0.195. The standard InChI is InChI=1S/C21H20N4O4S/c1-11-12(10-24(3)23-11)9-15-18(26)25-17-13-7-5-6-8-14(13)29-21(2,22-20(25)30-15)16(17)19(27)28-4/h5-10,16-17H,1-4H3. The first-order chi connectivity index (χ1) is 14.3. The molecule has 1 aromatic carbocycles. The fourth-order valence-corrected chi connectivity index (χ4v) is 5.42. The minimum Gasteiger partial charge on any atom is -0.469 e. The smallest absolute Gasteiger partial charge is 0.317 e. The van der Waals surface area contributed by atoms with E-state index in [1.807, 2.05) is 50.5 Å². The monoisotopic (exact) mass is 424 g/mol. The molecule has 154 valence electrons. The van der Waals surface area contributed by atoms with Gasteiger partial charge in [-0.15, -0.1) is 0 Å². The number of nitrogens with zero attached hydrogens (tertiary/aromatic N) is 4. The summed E-state index contributed by atoms with van der Waals surface area (Å²) in [5, 5.41) is 4.34. The van der Waals surface area contributed by atoms with Crippen molar-refractivity contribution in [3.05, 3.63) is 67.0 Å². The van der Waals surface area contributed by atoms with Crippen molar-refractivity contribution in [2.45, 2.75) is 25.6 Å². The predicted octanol–water partition coefficient (Wildman–Crippen LogP) is 0.901. The molecule has 0 saturated carbocycles.